The maximum atomic E-state index is 11.2. The molecule has 1 fully saturated rings. The van der Waals surface area contributed by atoms with Gasteiger partial charge in [0.15, 0.2) is 0 Å². The molecule has 0 saturated carbocycles. The van der Waals surface area contributed by atoms with Crippen molar-refractivity contribution in [1.82, 2.24) is 14.8 Å². The molecule has 0 aromatic carbocycles. The lowest BCUT2D eigenvalue weighted by Gasteiger charge is -2.22. The standard InChI is InChI=1S/C10H18N4O3S/c1-14-9(12-13-10(14)18(11,15)16)6-5-8-4-2-3-7-17-8/h8H,2-7H2,1H3,(H2,11,15,16). The number of rotatable bonds is 4. The van der Waals surface area contributed by atoms with Crippen molar-refractivity contribution < 1.29 is 13.2 Å². The number of aromatic nitrogens is 3. The molecule has 0 aliphatic carbocycles. The highest BCUT2D eigenvalue weighted by Gasteiger charge is 2.20. The molecule has 1 aliphatic heterocycles. The van der Waals surface area contributed by atoms with Gasteiger partial charge in [-0.3, -0.25) is 0 Å². The van der Waals surface area contributed by atoms with Crippen LogP contribution >= 0.6 is 0 Å². The van der Waals surface area contributed by atoms with E-state index in [1.165, 1.54) is 11.0 Å². The number of aryl methyl sites for hydroxylation is 1. The van der Waals surface area contributed by atoms with Gasteiger partial charge in [-0.2, -0.15) is 0 Å². The first kappa shape index (κ1) is 13.4. The molecule has 1 unspecified atom stereocenters. The fraction of sp³-hybridized carbons (Fsp3) is 0.800. The maximum absolute atomic E-state index is 11.2. The van der Waals surface area contributed by atoms with Crippen LogP contribution in [0.25, 0.3) is 0 Å². The highest BCUT2D eigenvalue weighted by atomic mass is 32.2. The van der Waals surface area contributed by atoms with Gasteiger partial charge in [-0.1, -0.05) is 0 Å². The van der Waals surface area contributed by atoms with E-state index in [0.29, 0.717) is 12.2 Å². The molecule has 2 heterocycles. The summed E-state index contributed by atoms with van der Waals surface area (Å²) in [6.07, 6.45) is 5.08. The monoisotopic (exact) mass is 274 g/mol. The summed E-state index contributed by atoms with van der Waals surface area (Å²) in [6, 6.07) is 0. The highest BCUT2D eigenvalue weighted by molar-refractivity contribution is 7.89. The molecule has 7 nitrogen and oxygen atoms in total. The van der Waals surface area contributed by atoms with Crippen molar-refractivity contribution >= 4 is 10.0 Å². The van der Waals surface area contributed by atoms with Crippen molar-refractivity contribution in [3.63, 3.8) is 0 Å². The van der Waals surface area contributed by atoms with Crippen molar-refractivity contribution in [2.75, 3.05) is 6.61 Å². The SMILES string of the molecule is Cn1c(CCC2CCCCO2)nnc1S(N)(=O)=O. The van der Waals surface area contributed by atoms with Crippen LogP contribution in [-0.2, 0) is 28.2 Å². The number of hydrogen-bond donors (Lipinski definition) is 1. The predicted molar refractivity (Wildman–Crippen MR) is 64.3 cm³/mol. The molecule has 0 amide bonds. The average Bonchev–Trinajstić information content (AvgIpc) is 2.69. The van der Waals surface area contributed by atoms with Crippen LogP contribution in [0.4, 0.5) is 0 Å². The quantitative estimate of drug-likeness (QED) is 0.830. The smallest absolute Gasteiger partial charge is 0.273 e. The Balaban J connectivity index is 2.00. The van der Waals surface area contributed by atoms with Crippen molar-refractivity contribution in [2.45, 2.75) is 43.4 Å². The summed E-state index contributed by atoms with van der Waals surface area (Å²) in [5.74, 6) is 0.619. The topological polar surface area (TPSA) is 100 Å². The Kier molecular flexibility index (Phi) is 3.98. The molecule has 1 aromatic heterocycles. The zero-order chi connectivity index (χ0) is 13.2. The van der Waals surface area contributed by atoms with E-state index in [1.807, 2.05) is 0 Å². The van der Waals surface area contributed by atoms with E-state index in [-0.39, 0.29) is 11.3 Å². The maximum Gasteiger partial charge on any atom is 0.273 e. The fourth-order valence-corrected chi connectivity index (χ4v) is 2.78. The van der Waals surface area contributed by atoms with Crippen LogP contribution in [0.3, 0.4) is 0 Å². The van der Waals surface area contributed by atoms with Crippen molar-refractivity contribution in [3.05, 3.63) is 5.82 Å². The van der Waals surface area contributed by atoms with Crippen LogP contribution < -0.4 is 5.14 Å². The minimum atomic E-state index is -3.80. The largest absolute Gasteiger partial charge is 0.378 e. The third-order valence-electron chi connectivity index (χ3n) is 3.14. The Bertz CT molecular complexity index is 505. The van der Waals surface area contributed by atoms with Gasteiger partial charge >= 0.3 is 0 Å². The number of primary sulfonamides is 1. The normalized spacial score (nSPS) is 21.1. The van der Waals surface area contributed by atoms with Crippen molar-refractivity contribution in [3.8, 4) is 0 Å². The summed E-state index contributed by atoms with van der Waals surface area (Å²) in [6.45, 7) is 0.811. The Labute approximate surface area is 106 Å². The molecule has 102 valence electrons. The van der Waals surface area contributed by atoms with Gasteiger partial charge in [-0.05, 0) is 25.7 Å². The number of sulfonamides is 1. The fourth-order valence-electron chi connectivity index (χ4n) is 2.14. The summed E-state index contributed by atoms with van der Waals surface area (Å²) in [5.41, 5.74) is 0. The molecule has 1 aromatic rings. The van der Waals surface area contributed by atoms with Gasteiger partial charge in [0.2, 0.25) is 0 Å². The summed E-state index contributed by atoms with van der Waals surface area (Å²) >= 11 is 0. The van der Waals surface area contributed by atoms with Crippen LogP contribution in [-0.4, -0.2) is 35.9 Å². The second-order valence-corrected chi connectivity index (χ2v) is 5.99. The first-order valence-electron chi connectivity index (χ1n) is 6.01. The Morgan fingerprint density at radius 1 is 1.44 bits per heavy atom. The lowest BCUT2D eigenvalue weighted by molar-refractivity contribution is 0.0111. The van der Waals surface area contributed by atoms with Crippen LogP contribution in [0.2, 0.25) is 0 Å². The molecule has 0 radical (unpaired) electrons. The zero-order valence-electron chi connectivity index (χ0n) is 10.4. The number of ether oxygens (including phenoxy) is 1. The molecular weight excluding hydrogens is 256 g/mol. The summed E-state index contributed by atoms with van der Waals surface area (Å²) in [5, 5.41) is 12.3. The number of nitrogens with two attached hydrogens (primary N) is 1. The molecule has 1 atom stereocenters. The predicted octanol–water partition coefficient (Wildman–Crippen LogP) is -0.0358. The molecule has 1 aliphatic rings. The second kappa shape index (κ2) is 5.33. The van der Waals surface area contributed by atoms with Crippen LogP contribution in [0, 0.1) is 0 Å². The van der Waals surface area contributed by atoms with E-state index in [1.54, 1.807) is 7.05 Å². The molecule has 2 N–H and O–H groups in total. The Morgan fingerprint density at radius 2 is 2.22 bits per heavy atom. The van der Waals surface area contributed by atoms with Gasteiger partial charge in [-0.25, -0.2) is 13.6 Å². The number of hydrogen-bond acceptors (Lipinski definition) is 5. The van der Waals surface area contributed by atoms with E-state index in [4.69, 9.17) is 9.88 Å². The molecule has 0 spiro atoms. The van der Waals surface area contributed by atoms with Gasteiger partial charge < -0.3 is 9.30 Å². The van der Waals surface area contributed by atoms with Gasteiger partial charge in [0.25, 0.3) is 15.2 Å². The van der Waals surface area contributed by atoms with E-state index in [0.717, 1.165) is 25.9 Å². The van der Waals surface area contributed by atoms with E-state index in [9.17, 15) is 8.42 Å². The van der Waals surface area contributed by atoms with Crippen molar-refractivity contribution in [2.24, 2.45) is 12.2 Å². The lowest BCUT2D eigenvalue weighted by atomic mass is 10.0. The minimum absolute atomic E-state index is 0.193. The minimum Gasteiger partial charge on any atom is -0.378 e. The van der Waals surface area contributed by atoms with Gasteiger partial charge in [0.05, 0.1) is 6.10 Å². The average molecular weight is 274 g/mol. The number of nitrogens with zero attached hydrogens (tertiary/aromatic N) is 3. The molecule has 1 saturated heterocycles. The van der Waals surface area contributed by atoms with Crippen LogP contribution in [0.15, 0.2) is 5.16 Å². The summed E-state index contributed by atoms with van der Waals surface area (Å²) < 4.78 is 29.4. The van der Waals surface area contributed by atoms with Gasteiger partial charge in [0, 0.05) is 20.1 Å². The summed E-state index contributed by atoms with van der Waals surface area (Å²) in [7, 11) is -2.19. The first-order chi connectivity index (χ1) is 8.48. The second-order valence-electron chi connectivity index (χ2n) is 4.53. The van der Waals surface area contributed by atoms with Gasteiger partial charge in [0.1, 0.15) is 5.82 Å². The zero-order valence-corrected chi connectivity index (χ0v) is 11.2. The molecule has 2 rings (SSSR count). The lowest BCUT2D eigenvalue weighted by Crippen LogP contribution is -2.21. The summed E-state index contributed by atoms with van der Waals surface area (Å²) in [4.78, 5) is 0. The third kappa shape index (κ3) is 3.06. The molecule has 0 bridgehead atoms. The molecular formula is C10H18N4O3S. The van der Waals surface area contributed by atoms with Gasteiger partial charge in [-0.15, -0.1) is 10.2 Å². The third-order valence-corrected chi connectivity index (χ3v) is 4.01. The first-order valence-corrected chi connectivity index (χ1v) is 7.56. The Hall–Kier alpha value is -0.990. The highest BCUT2D eigenvalue weighted by Crippen LogP contribution is 2.17. The van der Waals surface area contributed by atoms with E-state index in [2.05, 4.69) is 10.2 Å². The van der Waals surface area contributed by atoms with Crippen LogP contribution in [0.5, 0.6) is 0 Å². The van der Waals surface area contributed by atoms with E-state index >= 15 is 0 Å². The Morgan fingerprint density at radius 3 is 2.78 bits per heavy atom. The molecule has 18 heavy (non-hydrogen) atoms. The van der Waals surface area contributed by atoms with Crippen LogP contribution in [0.1, 0.15) is 31.5 Å². The molecule has 8 heteroatoms. The van der Waals surface area contributed by atoms with Crippen molar-refractivity contribution in [1.29, 1.82) is 0 Å². The van der Waals surface area contributed by atoms with E-state index < -0.39 is 10.0 Å².